The molecule has 0 spiro atoms. The Hall–Kier alpha value is -2.33. The molecule has 1 aliphatic heterocycles. The van der Waals surface area contributed by atoms with E-state index in [1.807, 2.05) is 36.1 Å². The second-order valence-electron chi connectivity index (χ2n) is 5.76. The van der Waals surface area contributed by atoms with Crippen LogP contribution in [0.4, 0.5) is 0 Å². The Morgan fingerprint density at radius 3 is 2.68 bits per heavy atom. The molecule has 2 heterocycles. The normalized spacial score (nSPS) is 15.6. The number of piperazine rings is 1. The number of amides is 1. The lowest BCUT2D eigenvalue weighted by molar-refractivity contribution is 0.0705. The minimum atomic E-state index is -0.000666. The standard InChI is InChI=1S/C18H18N2O2/c1-12-14-7-6-13-4-2-3-5-15(13)17(14)22-16(12)18(21)20-10-8-19-9-11-20/h2-7,19H,8-11H2,1H3. The van der Waals surface area contributed by atoms with Crippen molar-refractivity contribution in [2.45, 2.75) is 6.92 Å². The van der Waals surface area contributed by atoms with Gasteiger partial charge in [-0.3, -0.25) is 4.79 Å². The Morgan fingerprint density at radius 2 is 1.86 bits per heavy atom. The number of hydrogen-bond donors (Lipinski definition) is 1. The zero-order valence-electron chi connectivity index (χ0n) is 12.6. The summed E-state index contributed by atoms with van der Waals surface area (Å²) < 4.78 is 6.02. The first-order valence-corrected chi connectivity index (χ1v) is 7.66. The van der Waals surface area contributed by atoms with Crippen molar-refractivity contribution >= 4 is 27.6 Å². The van der Waals surface area contributed by atoms with Crippen LogP contribution in [0.2, 0.25) is 0 Å². The van der Waals surface area contributed by atoms with Crippen molar-refractivity contribution in [1.82, 2.24) is 10.2 Å². The van der Waals surface area contributed by atoms with Crippen LogP contribution in [0.3, 0.4) is 0 Å². The lowest BCUT2D eigenvalue weighted by atomic mass is 10.1. The second-order valence-corrected chi connectivity index (χ2v) is 5.76. The van der Waals surface area contributed by atoms with Crippen LogP contribution < -0.4 is 5.32 Å². The number of furan rings is 1. The fraction of sp³-hybridized carbons (Fsp3) is 0.278. The lowest BCUT2D eigenvalue weighted by Crippen LogP contribution is -2.46. The van der Waals surface area contributed by atoms with Gasteiger partial charge in [0.15, 0.2) is 5.76 Å². The molecular formula is C18H18N2O2. The predicted molar refractivity (Wildman–Crippen MR) is 87.2 cm³/mol. The van der Waals surface area contributed by atoms with Crippen molar-refractivity contribution in [1.29, 1.82) is 0 Å². The molecule has 1 saturated heterocycles. The Labute approximate surface area is 128 Å². The van der Waals surface area contributed by atoms with Crippen molar-refractivity contribution in [3.8, 4) is 0 Å². The van der Waals surface area contributed by atoms with Gasteiger partial charge in [0.25, 0.3) is 5.91 Å². The summed E-state index contributed by atoms with van der Waals surface area (Å²) in [4.78, 5) is 14.6. The summed E-state index contributed by atoms with van der Waals surface area (Å²) in [6.45, 7) is 5.12. The first-order valence-electron chi connectivity index (χ1n) is 7.66. The molecule has 0 bridgehead atoms. The van der Waals surface area contributed by atoms with Gasteiger partial charge in [-0.1, -0.05) is 36.4 Å². The molecule has 3 aromatic rings. The summed E-state index contributed by atoms with van der Waals surface area (Å²) in [6.07, 6.45) is 0. The molecular weight excluding hydrogens is 276 g/mol. The summed E-state index contributed by atoms with van der Waals surface area (Å²) in [7, 11) is 0. The zero-order chi connectivity index (χ0) is 15.1. The van der Waals surface area contributed by atoms with E-state index in [1.165, 1.54) is 0 Å². The molecule has 1 N–H and O–H groups in total. The highest BCUT2D eigenvalue weighted by molar-refractivity contribution is 6.08. The van der Waals surface area contributed by atoms with E-state index < -0.39 is 0 Å². The van der Waals surface area contributed by atoms with Crippen molar-refractivity contribution in [2.75, 3.05) is 26.2 Å². The van der Waals surface area contributed by atoms with Gasteiger partial charge in [0, 0.05) is 42.5 Å². The molecule has 1 fully saturated rings. The van der Waals surface area contributed by atoms with Crippen molar-refractivity contribution in [2.24, 2.45) is 0 Å². The maximum absolute atomic E-state index is 12.7. The zero-order valence-corrected chi connectivity index (χ0v) is 12.6. The molecule has 2 aromatic carbocycles. The third-order valence-corrected chi connectivity index (χ3v) is 4.43. The van der Waals surface area contributed by atoms with E-state index in [4.69, 9.17) is 4.42 Å². The van der Waals surface area contributed by atoms with E-state index >= 15 is 0 Å². The van der Waals surface area contributed by atoms with Gasteiger partial charge in [0.05, 0.1) is 0 Å². The number of benzene rings is 2. The van der Waals surface area contributed by atoms with Crippen LogP contribution in [0.1, 0.15) is 16.1 Å². The summed E-state index contributed by atoms with van der Waals surface area (Å²) in [5, 5.41) is 6.47. The van der Waals surface area contributed by atoms with Gasteiger partial charge in [-0.25, -0.2) is 0 Å². The van der Waals surface area contributed by atoms with E-state index in [1.54, 1.807) is 0 Å². The highest BCUT2D eigenvalue weighted by Crippen LogP contribution is 2.32. The van der Waals surface area contributed by atoms with E-state index in [-0.39, 0.29) is 5.91 Å². The topological polar surface area (TPSA) is 45.5 Å². The largest absolute Gasteiger partial charge is 0.450 e. The number of fused-ring (bicyclic) bond motifs is 3. The Kier molecular flexibility index (Phi) is 3.12. The number of hydrogen-bond acceptors (Lipinski definition) is 3. The summed E-state index contributed by atoms with van der Waals surface area (Å²) in [6, 6.07) is 12.2. The summed E-state index contributed by atoms with van der Waals surface area (Å²) >= 11 is 0. The Bertz CT molecular complexity index is 860. The van der Waals surface area contributed by atoms with Gasteiger partial charge >= 0.3 is 0 Å². The number of nitrogens with one attached hydrogen (secondary N) is 1. The molecule has 4 nitrogen and oxygen atoms in total. The lowest BCUT2D eigenvalue weighted by Gasteiger charge is -2.26. The molecule has 112 valence electrons. The van der Waals surface area contributed by atoms with Gasteiger partial charge in [-0.15, -0.1) is 0 Å². The molecule has 4 heteroatoms. The quantitative estimate of drug-likeness (QED) is 0.750. The average molecular weight is 294 g/mol. The highest BCUT2D eigenvalue weighted by atomic mass is 16.3. The van der Waals surface area contributed by atoms with Crippen LogP contribution in [0, 0.1) is 6.92 Å². The van der Waals surface area contributed by atoms with Crippen LogP contribution in [0.25, 0.3) is 21.7 Å². The van der Waals surface area contributed by atoms with Crippen LogP contribution in [0.5, 0.6) is 0 Å². The molecule has 0 aliphatic carbocycles. The second kappa shape index (κ2) is 5.14. The van der Waals surface area contributed by atoms with Crippen molar-refractivity contribution in [3.05, 3.63) is 47.7 Å². The third kappa shape index (κ3) is 1.99. The maximum atomic E-state index is 12.7. The highest BCUT2D eigenvalue weighted by Gasteiger charge is 2.24. The number of rotatable bonds is 1. The van der Waals surface area contributed by atoms with E-state index in [2.05, 4.69) is 17.4 Å². The first kappa shape index (κ1) is 13.3. The van der Waals surface area contributed by atoms with Gasteiger partial charge in [-0.2, -0.15) is 0 Å². The maximum Gasteiger partial charge on any atom is 0.289 e. The molecule has 1 aliphatic rings. The molecule has 1 aromatic heterocycles. The molecule has 1 amide bonds. The fourth-order valence-electron chi connectivity index (χ4n) is 3.16. The molecule has 0 unspecified atom stereocenters. The van der Waals surface area contributed by atoms with Crippen molar-refractivity contribution in [3.63, 3.8) is 0 Å². The van der Waals surface area contributed by atoms with Crippen molar-refractivity contribution < 1.29 is 9.21 Å². The Morgan fingerprint density at radius 1 is 1.09 bits per heavy atom. The molecule has 0 saturated carbocycles. The first-order chi connectivity index (χ1) is 10.8. The van der Waals surface area contributed by atoms with E-state index in [0.717, 1.165) is 53.5 Å². The number of carbonyl (C=O) groups excluding carboxylic acids is 1. The molecule has 0 atom stereocenters. The summed E-state index contributed by atoms with van der Waals surface area (Å²) in [5.41, 5.74) is 1.75. The predicted octanol–water partition coefficient (Wildman–Crippen LogP) is 2.94. The Balaban J connectivity index is 1.86. The van der Waals surface area contributed by atoms with Gasteiger partial charge in [-0.05, 0) is 12.3 Å². The van der Waals surface area contributed by atoms with Crippen LogP contribution in [0.15, 0.2) is 40.8 Å². The average Bonchev–Trinajstić information content (AvgIpc) is 2.92. The fourth-order valence-corrected chi connectivity index (χ4v) is 3.16. The molecule has 0 radical (unpaired) electrons. The number of nitrogens with zero attached hydrogens (tertiary/aromatic N) is 1. The van der Waals surface area contributed by atoms with Crippen LogP contribution in [-0.2, 0) is 0 Å². The van der Waals surface area contributed by atoms with Crippen LogP contribution >= 0.6 is 0 Å². The minimum Gasteiger partial charge on any atom is -0.450 e. The smallest absolute Gasteiger partial charge is 0.289 e. The molecule has 4 rings (SSSR count). The van der Waals surface area contributed by atoms with Gasteiger partial charge in [0.2, 0.25) is 0 Å². The van der Waals surface area contributed by atoms with E-state index in [9.17, 15) is 4.79 Å². The number of aryl methyl sites for hydroxylation is 1. The third-order valence-electron chi connectivity index (χ3n) is 4.43. The molecule has 22 heavy (non-hydrogen) atoms. The van der Waals surface area contributed by atoms with Gasteiger partial charge < -0.3 is 14.6 Å². The van der Waals surface area contributed by atoms with E-state index in [0.29, 0.717) is 5.76 Å². The van der Waals surface area contributed by atoms with Crippen LogP contribution in [-0.4, -0.2) is 37.0 Å². The SMILES string of the molecule is Cc1c(C(=O)N2CCNCC2)oc2c1ccc1ccccc12. The number of carbonyl (C=O) groups is 1. The van der Waals surface area contributed by atoms with Gasteiger partial charge in [0.1, 0.15) is 5.58 Å². The monoisotopic (exact) mass is 294 g/mol. The minimum absolute atomic E-state index is 0.000666. The summed E-state index contributed by atoms with van der Waals surface area (Å²) in [5.74, 6) is 0.479.